The number of nitro benzene ring substituents is 1. The van der Waals surface area contributed by atoms with Crippen LogP contribution in [0.4, 0.5) is 11.4 Å². The van der Waals surface area contributed by atoms with Crippen LogP contribution in [0.15, 0.2) is 16.8 Å². The highest BCUT2D eigenvalue weighted by atomic mass is 16.6. The minimum atomic E-state index is -0.486. The summed E-state index contributed by atoms with van der Waals surface area (Å²) in [4.78, 5) is 10.3. The molecule has 0 spiro atoms. The molecule has 7 nitrogen and oxygen atoms in total. The van der Waals surface area contributed by atoms with Gasteiger partial charge in [0.1, 0.15) is 0 Å². The van der Waals surface area contributed by atoms with E-state index in [1.807, 2.05) is 0 Å². The highest BCUT2D eigenvalue weighted by Gasteiger charge is 2.23. The molecular formula is C10H10N4O3. The number of nitrogens with zero attached hydrogens (tertiary/aromatic N) is 3. The first-order valence-corrected chi connectivity index (χ1v) is 5.42. The van der Waals surface area contributed by atoms with Gasteiger partial charge in [0.15, 0.2) is 5.52 Å². The third kappa shape index (κ3) is 1.59. The van der Waals surface area contributed by atoms with Crippen molar-refractivity contribution in [3.8, 4) is 0 Å². The average molecular weight is 234 g/mol. The van der Waals surface area contributed by atoms with E-state index in [1.165, 1.54) is 12.5 Å². The standard InChI is InChI=1S/C10H10N4O3/c15-14(16)8-5-4-7(11-6-2-1-3-6)9-10(8)13-17-12-9/h4-6,11H,1-3H2. The maximum absolute atomic E-state index is 10.8. The Kier molecular flexibility index (Phi) is 2.17. The van der Waals surface area contributed by atoms with Gasteiger partial charge in [-0.15, -0.1) is 0 Å². The molecule has 0 atom stereocenters. The zero-order valence-corrected chi connectivity index (χ0v) is 8.92. The molecule has 7 heteroatoms. The number of anilines is 1. The molecule has 3 rings (SSSR count). The summed E-state index contributed by atoms with van der Waals surface area (Å²) >= 11 is 0. The molecule has 1 aromatic carbocycles. The van der Waals surface area contributed by atoms with E-state index in [9.17, 15) is 10.1 Å². The number of nitrogens with one attached hydrogen (secondary N) is 1. The fourth-order valence-corrected chi connectivity index (χ4v) is 1.89. The van der Waals surface area contributed by atoms with Crippen LogP contribution in [-0.4, -0.2) is 21.3 Å². The minimum absolute atomic E-state index is 0.0830. The normalized spacial score (nSPS) is 15.8. The Labute approximate surface area is 95.9 Å². The second-order valence-corrected chi connectivity index (χ2v) is 4.12. The van der Waals surface area contributed by atoms with Crippen molar-refractivity contribution in [2.45, 2.75) is 25.3 Å². The number of aromatic nitrogens is 2. The number of fused-ring (bicyclic) bond motifs is 1. The molecular weight excluding hydrogens is 224 g/mol. The van der Waals surface area contributed by atoms with Gasteiger partial charge in [0.2, 0.25) is 5.52 Å². The van der Waals surface area contributed by atoms with Gasteiger partial charge in [0.25, 0.3) is 0 Å². The molecule has 1 aromatic heterocycles. The number of hydrogen-bond donors (Lipinski definition) is 1. The minimum Gasteiger partial charge on any atom is -0.380 e. The first-order valence-electron chi connectivity index (χ1n) is 5.42. The first kappa shape index (κ1) is 10.0. The molecule has 0 saturated heterocycles. The first-order chi connectivity index (χ1) is 8.25. The Morgan fingerprint density at radius 2 is 2.12 bits per heavy atom. The van der Waals surface area contributed by atoms with Crippen molar-refractivity contribution in [3.63, 3.8) is 0 Å². The molecule has 1 aliphatic carbocycles. The second-order valence-electron chi connectivity index (χ2n) is 4.12. The topological polar surface area (TPSA) is 94.1 Å². The van der Waals surface area contributed by atoms with Crippen LogP contribution < -0.4 is 5.32 Å². The number of rotatable bonds is 3. The van der Waals surface area contributed by atoms with Gasteiger partial charge >= 0.3 is 5.69 Å². The van der Waals surface area contributed by atoms with E-state index in [0.717, 1.165) is 18.5 Å². The van der Waals surface area contributed by atoms with E-state index in [-0.39, 0.29) is 11.2 Å². The third-order valence-electron chi connectivity index (χ3n) is 3.06. The molecule has 1 fully saturated rings. The van der Waals surface area contributed by atoms with Crippen LogP contribution >= 0.6 is 0 Å². The van der Waals surface area contributed by atoms with Crippen LogP contribution in [0.2, 0.25) is 0 Å². The molecule has 0 unspecified atom stereocenters. The Bertz CT molecular complexity index is 576. The van der Waals surface area contributed by atoms with Crippen LogP contribution in [0.25, 0.3) is 11.0 Å². The number of hydrogen-bond acceptors (Lipinski definition) is 6. The van der Waals surface area contributed by atoms with E-state index >= 15 is 0 Å². The van der Waals surface area contributed by atoms with Crippen molar-refractivity contribution < 1.29 is 9.55 Å². The van der Waals surface area contributed by atoms with Gasteiger partial charge < -0.3 is 5.32 Å². The largest absolute Gasteiger partial charge is 0.380 e. The lowest BCUT2D eigenvalue weighted by molar-refractivity contribution is -0.383. The monoisotopic (exact) mass is 234 g/mol. The highest BCUT2D eigenvalue weighted by Crippen LogP contribution is 2.31. The summed E-state index contributed by atoms with van der Waals surface area (Å²) in [7, 11) is 0. The molecule has 1 aliphatic rings. The molecule has 1 N–H and O–H groups in total. The average Bonchev–Trinajstić information content (AvgIpc) is 2.71. The summed E-state index contributed by atoms with van der Waals surface area (Å²) in [6.07, 6.45) is 3.44. The van der Waals surface area contributed by atoms with Gasteiger partial charge in [-0.3, -0.25) is 10.1 Å². The smallest absolute Gasteiger partial charge is 0.300 e. The van der Waals surface area contributed by atoms with Gasteiger partial charge in [-0.2, -0.15) is 0 Å². The van der Waals surface area contributed by atoms with Crippen LogP contribution in [-0.2, 0) is 0 Å². The Morgan fingerprint density at radius 1 is 1.35 bits per heavy atom. The highest BCUT2D eigenvalue weighted by molar-refractivity contribution is 5.93. The molecule has 88 valence electrons. The quantitative estimate of drug-likeness (QED) is 0.645. The molecule has 0 aliphatic heterocycles. The summed E-state index contributed by atoms with van der Waals surface area (Å²) in [6.45, 7) is 0. The Morgan fingerprint density at radius 3 is 2.76 bits per heavy atom. The van der Waals surface area contributed by atoms with Gasteiger partial charge in [-0.1, -0.05) is 0 Å². The Balaban J connectivity index is 2.04. The van der Waals surface area contributed by atoms with Crippen LogP contribution in [0, 0.1) is 10.1 Å². The fourth-order valence-electron chi connectivity index (χ4n) is 1.89. The van der Waals surface area contributed by atoms with Gasteiger partial charge in [0.05, 0.1) is 10.6 Å². The van der Waals surface area contributed by atoms with Crippen molar-refractivity contribution in [1.29, 1.82) is 0 Å². The van der Waals surface area contributed by atoms with Crippen molar-refractivity contribution in [2.24, 2.45) is 0 Å². The molecule has 0 amide bonds. The molecule has 0 radical (unpaired) electrons. The molecule has 1 saturated carbocycles. The lowest BCUT2D eigenvalue weighted by atomic mass is 9.93. The summed E-state index contributed by atoms with van der Waals surface area (Å²) < 4.78 is 4.59. The second kappa shape index (κ2) is 3.69. The number of non-ortho nitro benzene ring substituents is 1. The lowest BCUT2D eigenvalue weighted by Gasteiger charge is -2.27. The third-order valence-corrected chi connectivity index (χ3v) is 3.06. The van der Waals surface area contributed by atoms with Gasteiger partial charge in [-0.25, -0.2) is 4.63 Å². The van der Waals surface area contributed by atoms with Crippen molar-refractivity contribution in [1.82, 2.24) is 10.3 Å². The van der Waals surface area contributed by atoms with Crippen molar-refractivity contribution in [2.75, 3.05) is 5.32 Å². The molecule has 0 bridgehead atoms. The van der Waals surface area contributed by atoms with E-state index < -0.39 is 4.92 Å². The fraction of sp³-hybridized carbons (Fsp3) is 0.400. The molecule has 17 heavy (non-hydrogen) atoms. The Hall–Kier alpha value is -2.18. The van der Waals surface area contributed by atoms with Crippen LogP contribution in [0.3, 0.4) is 0 Å². The van der Waals surface area contributed by atoms with Crippen LogP contribution in [0.1, 0.15) is 19.3 Å². The van der Waals surface area contributed by atoms with Crippen LogP contribution in [0.5, 0.6) is 0 Å². The van der Waals surface area contributed by atoms with Gasteiger partial charge in [-0.05, 0) is 35.6 Å². The number of nitro groups is 1. The van der Waals surface area contributed by atoms with Crippen molar-refractivity contribution in [3.05, 3.63) is 22.2 Å². The maximum Gasteiger partial charge on any atom is 0.300 e. The predicted octanol–water partition coefficient (Wildman–Crippen LogP) is 2.10. The van der Waals surface area contributed by atoms with E-state index in [4.69, 9.17) is 0 Å². The lowest BCUT2D eigenvalue weighted by Crippen LogP contribution is -2.27. The predicted molar refractivity (Wildman–Crippen MR) is 59.7 cm³/mol. The zero-order chi connectivity index (χ0) is 11.8. The van der Waals surface area contributed by atoms with Gasteiger partial charge in [0, 0.05) is 12.1 Å². The SMILES string of the molecule is O=[N+]([O-])c1ccc(NC2CCC2)c2nonc12. The van der Waals surface area contributed by atoms with E-state index in [0.29, 0.717) is 11.6 Å². The van der Waals surface area contributed by atoms with E-state index in [1.54, 1.807) is 6.07 Å². The molecule has 2 aromatic rings. The zero-order valence-electron chi connectivity index (χ0n) is 8.92. The number of benzene rings is 1. The summed E-state index contributed by atoms with van der Waals surface area (Å²) in [5.74, 6) is 0. The van der Waals surface area contributed by atoms with Crippen molar-refractivity contribution >= 4 is 22.4 Å². The summed E-state index contributed by atoms with van der Waals surface area (Å²) in [5.41, 5.74) is 1.28. The van der Waals surface area contributed by atoms with E-state index in [2.05, 4.69) is 20.3 Å². The summed E-state index contributed by atoms with van der Waals surface area (Å²) in [6, 6.07) is 3.51. The summed E-state index contributed by atoms with van der Waals surface area (Å²) in [5, 5.41) is 21.4. The molecule has 1 heterocycles. The maximum atomic E-state index is 10.8.